The van der Waals surface area contributed by atoms with Crippen LogP contribution in [0.3, 0.4) is 0 Å². The van der Waals surface area contributed by atoms with Gasteiger partial charge in [-0.15, -0.1) is 0 Å². The average molecular weight is 382 g/mol. The summed E-state index contributed by atoms with van der Waals surface area (Å²) in [6, 6.07) is 11.5. The number of amides is 3. The number of aryl methyl sites for hydroxylation is 2. The van der Waals surface area contributed by atoms with E-state index in [1.165, 1.54) is 16.9 Å². The third-order valence-electron chi connectivity index (χ3n) is 4.08. The first-order valence-electron chi connectivity index (χ1n) is 8.76. The van der Waals surface area contributed by atoms with Crippen LogP contribution in [0.15, 0.2) is 36.4 Å². The first kappa shape index (κ1) is 18.8. The van der Waals surface area contributed by atoms with Crippen molar-refractivity contribution in [3.8, 4) is 0 Å². The summed E-state index contributed by atoms with van der Waals surface area (Å²) in [6.45, 7) is 6.22. The predicted octanol–water partition coefficient (Wildman–Crippen LogP) is 4.58. The van der Waals surface area contributed by atoms with Crippen LogP contribution >= 0.6 is 11.3 Å². The number of benzene rings is 2. The first-order valence-corrected chi connectivity index (χ1v) is 9.57. The van der Waals surface area contributed by atoms with Gasteiger partial charge in [0.1, 0.15) is 0 Å². The quantitative estimate of drug-likeness (QED) is 0.604. The minimum Gasteiger partial charge on any atom is -0.334 e. The molecule has 6 nitrogen and oxygen atoms in total. The van der Waals surface area contributed by atoms with Crippen LogP contribution in [0.2, 0.25) is 0 Å². The molecule has 2 aromatic carbocycles. The molecule has 0 radical (unpaired) electrons. The van der Waals surface area contributed by atoms with E-state index < -0.39 is 0 Å². The second-order valence-electron chi connectivity index (χ2n) is 6.35. The van der Waals surface area contributed by atoms with Crippen molar-refractivity contribution in [2.24, 2.45) is 0 Å². The Morgan fingerprint density at radius 1 is 1.07 bits per heavy atom. The van der Waals surface area contributed by atoms with E-state index in [1.807, 2.05) is 50.2 Å². The number of thiazole rings is 1. The summed E-state index contributed by atoms with van der Waals surface area (Å²) in [7, 11) is 0. The van der Waals surface area contributed by atoms with E-state index in [4.69, 9.17) is 0 Å². The molecule has 3 amide bonds. The van der Waals surface area contributed by atoms with Crippen molar-refractivity contribution in [3.63, 3.8) is 0 Å². The summed E-state index contributed by atoms with van der Waals surface area (Å²) in [5.41, 5.74) is 4.69. The third kappa shape index (κ3) is 4.83. The smallest absolute Gasteiger partial charge is 0.319 e. The number of carbonyl (C=O) groups excluding carboxylic acids is 2. The number of carbonyl (C=O) groups is 2. The van der Waals surface area contributed by atoms with Crippen LogP contribution in [0.4, 0.5) is 15.6 Å². The van der Waals surface area contributed by atoms with E-state index in [1.54, 1.807) is 6.92 Å². The maximum Gasteiger partial charge on any atom is 0.319 e. The molecular weight excluding hydrogens is 360 g/mol. The number of aromatic nitrogens is 1. The number of hydrogen-bond acceptors (Lipinski definition) is 4. The molecule has 3 rings (SSSR count). The van der Waals surface area contributed by atoms with Gasteiger partial charge in [-0.1, -0.05) is 48.1 Å². The summed E-state index contributed by atoms with van der Waals surface area (Å²) in [5.74, 6) is -0.0689. The monoisotopic (exact) mass is 382 g/mol. The van der Waals surface area contributed by atoms with Crippen molar-refractivity contribution < 1.29 is 9.59 Å². The lowest BCUT2D eigenvalue weighted by Crippen LogP contribution is -2.28. The summed E-state index contributed by atoms with van der Waals surface area (Å²) in [6.07, 6.45) is 0.406. The molecule has 0 fully saturated rings. The maximum absolute atomic E-state index is 12.2. The Morgan fingerprint density at radius 2 is 1.81 bits per heavy atom. The van der Waals surface area contributed by atoms with Crippen molar-refractivity contribution in [2.45, 2.75) is 33.7 Å². The number of urea groups is 1. The number of fused-ring (bicyclic) bond motifs is 1. The normalized spacial score (nSPS) is 10.6. The van der Waals surface area contributed by atoms with Crippen molar-refractivity contribution in [3.05, 3.63) is 53.1 Å². The van der Waals surface area contributed by atoms with Crippen LogP contribution in [0.1, 0.15) is 30.0 Å². The van der Waals surface area contributed by atoms with E-state index in [2.05, 4.69) is 20.9 Å². The maximum atomic E-state index is 12.2. The van der Waals surface area contributed by atoms with Gasteiger partial charge < -0.3 is 16.0 Å². The molecule has 1 heterocycles. The molecule has 1 aromatic heterocycles. The number of anilines is 2. The van der Waals surface area contributed by atoms with E-state index in [0.717, 1.165) is 21.3 Å². The molecule has 0 bridgehead atoms. The highest BCUT2D eigenvalue weighted by Gasteiger charge is 2.11. The van der Waals surface area contributed by atoms with E-state index in [9.17, 15) is 9.59 Å². The van der Waals surface area contributed by atoms with Gasteiger partial charge >= 0.3 is 6.03 Å². The summed E-state index contributed by atoms with van der Waals surface area (Å²) in [4.78, 5) is 28.2. The van der Waals surface area contributed by atoms with Crippen LogP contribution in [-0.2, 0) is 11.3 Å². The fourth-order valence-electron chi connectivity index (χ4n) is 2.59. The highest BCUT2D eigenvalue weighted by Crippen LogP contribution is 2.31. The van der Waals surface area contributed by atoms with Crippen LogP contribution in [0.25, 0.3) is 10.2 Å². The number of rotatable bonds is 5. The molecule has 0 aliphatic heterocycles. The second kappa shape index (κ2) is 8.18. The second-order valence-corrected chi connectivity index (χ2v) is 7.38. The van der Waals surface area contributed by atoms with E-state index >= 15 is 0 Å². The lowest BCUT2D eigenvalue weighted by molar-refractivity contribution is -0.115. The van der Waals surface area contributed by atoms with Gasteiger partial charge in [0.15, 0.2) is 5.13 Å². The Hall–Kier alpha value is -2.93. The zero-order valence-electron chi connectivity index (χ0n) is 15.6. The highest BCUT2D eigenvalue weighted by atomic mass is 32.1. The van der Waals surface area contributed by atoms with Crippen LogP contribution in [0, 0.1) is 13.8 Å². The summed E-state index contributed by atoms with van der Waals surface area (Å²) in [5, 5.41) is 9.06. The van der Waals surface area contributed by atoms with Gasteiger partial charge in [-0.25, -0.2) is 9.78 Å². The average Bonchev–Trinajstić information content (AvgIpc) is 3.04. The molecule has 27 heavy (non-hydrogen) atoms. The minimum absolute atomic E-state index is 0.0689. The van der Waals surface area contributed by atoms with Crippen LogP contribution in [-0.4, -0.2) is 16.9 Å². The van der Waals surface area contributed by atoms with Gasteiger partial charge in [0.25, 0.3) is 0 Å². The van der Waals surface area contributed by atoms with E-state index in [0.29, 0.717) is 23.8 Å². The number of nitrogens with one attached hydrogen (secondary N) is 3. The molecule has 0 unspecified atom stereocenters. The molecule has 3 aromatic rings. The van der Waals surface area contributed by atoms with Crippen LogP contribution in [0.5, 0.6) is 0 Å². The SMILES string of the molecule is CCC(=O)Nc1nc2c(C)cc(NC(=O)NCc3ccc(C)cc3)cc2s1. The Morgan fingerprint density at radius 3 is 2.52 bits per heavy atom. The predicted molar refractivity (Wildman–Crippen MR) is 110 cm³/mol. The molecule has 7 heteroatoms. The molecule has 0 aliphatic rings. The molecular formula is C20H22N4O2S. The molecule has 0 atom stereocenters. The fourth-order valence-corrected chi connectivity index (χ4v) is 3.59. The lowest BCUT2D eigenvalue weighted by atomic mass is 10.1. The Balaban J connectivity index is 1.67. The van der Waals surface area contributed by atoms with Crippen molar-refractivity contribution in [1.82, 2.24) is 10.3 Å². The Labute approximate surface area is 162 Å². The topological polar surface area (TPSA) is 83.1 Å². The van der Waals surface area contributed by atoms with Gasteiger partial charge in [0.05, 0.1) is 10.2 Å². The number of nitrogens with zero attached hydrogens (tertiary/aromatic N) is 1. The van der Waals surface area contributed by atoms with Gasteiger partial charge in [0.2, 0.25) is 5.91 Å². The largest absolute Gasteiger partial charge is 0.334 e. The minimum atomic E-state index is -0.265. The molecule has 0 spiro atoms. The third-order valence-corrected chi connectivity index (χ3v) is 5.00. The van der Waals surface area contributed by atoms with Crippen molar-refractivity contribution in [1.29, 1.82) is 0 Å². The van der Waals surface area contributed by atoms with Crippen molar-refractivity contribution in [2.75, 3.05) is 10.6 Å². The lowest BCUT2D eigenvalue weighted by Gasteiger charge is -2.09. The molecule has 0 saturated carbocycles. The molecule has 3 N–H and O–H groups in total. The fraction of sp³-hybridized carbons (Fsp3) is 0.250. The van der Waals surface area contributed by atoms with Gasteiger partial charge in [-0.3, -0.25) is 4.79 Å². The highest BCUT2D eigenvalue weighted by molar-refractivity contribution is 7.22. The van der Waals surface area contributed by atoms with Gasteiger partial charge in [-0.2, -0.15) is 0 Å². The summed E-state index contributed by atoms with van der Waals surface area (Å²) < 4.78 is 0.912. The van der Waals surface area contributed by atoms with Gasteiger partial charge in [-0.05, 0) is 37.1 Å². The van der Waals surface area contributed by atoms with Crippen LogP contribution < -0.4 is 16.0 Å². The summed E-state index contributed by atoms with van der Waals surface area (Å²) >= 11 is 1.39. The molecule has 0 aliphatic carbocycles. The number of hydrogen-bond donors (Lipinski definition) is 3. The molecule has 140 valence electrons. The van der Waals surface area contributed by atoms with E-state index in [-0.39, 0.29) is 11.9 Å². The zero-order chi connectivity index (χ0) is 19.4. The van der Waals surface area contributed by atoms with Gasteiger partial charge in [0, 0.05) is 18.7 Å². The Bertz CT molecular complexity index is 980. The standard InChI is InChI=1S/C20H22N4O2S/c1-4-17(25)23-20-24-18-13(3)9-15(10-16(18)27-20)22-19(26)21-11-14-7-5-12(2)6-8-14/h5-10H,4,11H2,1-3H3,(H2,21,22,26)(H,23,24,25). The zero-order valence-corrected chi connectivity index (χ0v) is 16.4. The van der Waals surface area contributed by atoms with Crippen molar-refractivity contribution >= 4 is 44.3 Å². The molecule has 0 saturated heterocycles. The Kier molecular flexibility index (Phi) is 5.71. The first-order chi connectivity index (χ1) is 12.9.